The van der Waals surface area contributed by atoms with Gasteiger partial charge < -0.3 is 14.8 Å². The van der Waals surface area contributed by atoms with Gasteiger partial charge in [-0.3, -0.25) is 4.79 Å². The fourth-order valence-electron chi connectivity index (χ4n) is 2.78. The van der Waals surface area contributed by atoms with Crippen LogP contribution in [-0.4, -0.2) is 13.0 Å². The molecule has 3 aromatic rings. The van der Waals surface area contributed by atoms with E-state index in [4.69, 9.17) is 21.1 Å². The average molecular weight is 577 g/mol. The SMILES string of the molecule is COc1cc(/C=C(\C#N)C(=O)Nc2cccc(Cl)c2)cc(Br)c1OCc1ccc(Br)cc1. The number of halogens is 3. The van der Waals surface area contributed by atoms with Crippen molar-refractivity contribution in [3.63, 3.8) is 0 Å². The van der Waals surface area contributed by atoms with Crippen LogP contribution in [0, 0.1) is 11.3 Å². The van der Waals surface area contributed by atoms with Crippen LogP contribution >= 0.6 is 43.5 Å². The Labute approximate surface area is 207 Å². The van der Waals surface area contributed by atoms with E-state index < -0.39 is 5.91 Å². The maximum absolute atomic E-state index is 12.5. The number of amides is 1. The zero-order valence-corrected chi connectivity index (χ0v) is 20.8. The van der Waals surface area contributed by atoms with Gasteiger partial charge in [-0.15, -0.1) is 0 Å². The second kappa shape index (κ2) is 11.2. The van der Waals surface area contributed by atoms with Crippen molar-refractivity contribution in [2.24, 2.45) is 0 Å². The number of nitrogens with one attached hydrogen (secondary N) is 1. The summed E-state index contributed by atoms with van der Waals surface area (Å²) < 4.78 is 13.0. The van der Waals surface area contributed by atoms with Crippen LogP contribution < -0.4 is 14.8 Å². The van der Waals surface area contributed by atoms with Crippen molar-refractivity contribution >= 4 is 61.1 Å². The van der Waals surface area contributed by atoms with Gasteiger partial charge in [0.15, 0.2) is 11.5 Å². The van der Waals surface area contributed by atoms with Gasteiger partial charge in [0, 0.05) is 15.2 Å². The maximum atomic E-state index is 12.5. The Morgan fingerprint density at radius 2 is 1.91 bits per heavy atom. The lowest BCUT2D eigenvalue weighted by atomic mass is 10.1. The fraction of sp³-hybridized carbons (Fsp3) is 0.0833. The average Bonchev–Trinajstić information content (AvgIpc) is 2.77. The van der Waals surface area contributed by atoms with E-state index in [9.17, 15) is 10.1 Å². The number of carbonyl (C=O) groups excluding carboxylic acids is 1. The molecule has 0 saturated heterocycles. The molecule has 0 aromatic heterocycles. The number of benzene rings is 3. The molecule has 32 heavy (non-hydrogen) atoms. The summed E-state index contributed by atoms with van der Waals surface area (Å²) in [6.07, 6.45) is 1.48. The van der Waals surface area contributed by atoms with Crippen molar-refractivity contribution in [3.8, 4) is 17.6 Å². The summed E-state index contributed by atoms with van der Waals surface area (Å²) in [5.74, 6) is 0.449. The molecule has 0 aliphatic heterocycles. The molecule has 0 atom stereocenters. The highest BCUT2D eigenvalue weighted by Gasteiger charge is 2.14. The Morgan fingerprint density at radius 3 is 2.56 bits per heavy atom. The summed E-state index contributed by atoms with van der Waals surface area (Å²) in [6, 6.07) is 19.9. The number of nitrogens with zero attached hydrogens (tertiary/aromatic N) is 1. The molecule has 0 bridgehead atoms. The molecular formula is C24H17Br2ClN2O3. The second-order valence-corrected chi connectivity index (χ2v) is 8.79. The largest absolute Gasteiger partial charge is 0.493 e. The zero-order valence-electron chi connectivity index (χ0n) is 16.9. The predicted molar refractivity (Wildman–Crippen MR) is 133 cm³/mol. The summed E-state index contributed by atoms with van der Waals surface area (Å²) in [6.45, 7) is 0.350. The van der Waals surface area contributed by atoms with Crippen molar-refractivity contribution in [2.75, 3.05) is 12.4 Å². The summed E-state index contributed by atoms with van der Waals surface area (Å²) in [4.78, 5) is 12.5. The lowest BCUT2D eigenvalue weighted by Crippen LogP contribution is -2.13. The van der Waals surface area contributed by atoms with Gasteiger partial charge in [-0.2, -0.15) is 5.26 Å². The summed E-state index contributed by atoms with van der Waals surface area (Å²) in [5.41, 5.74) is 2.03. The molecule has 1 N–H and O–H groups in total. The van der Waals surface area contributed by atoms with E-state index in [0.29, 0.717) is 38.9 Å². The third-order valence-corrected chi connectivity index (χ3v) is 5.66. The molecule has 0 saturated carbocycles. The summed E-state index contributed by atoms with van der Waals surface area (Å²) in [5, 5.41) is 12.6. The van der Waals surface area contributed by atoms with Crippen LogP contribution in [0.2, 0.25) is 5.02 Å². The van der Waals surface area contributed by atoms with Crippen LogP contribution in [0.4, 0.5) is 5.69 Å². The smallest absolute Gasteiger partial charge is 0.266 e. The van der Waals surface area contributed by atoms with Crippen molar-refractivity contribution in [2.45, 2.75) is 6.61 Å². The second-order valence-electron chi connectivity index (χ2n) is 6.58. The Hall–Kier alpha value is -2.79. The molecule has 1 amide bonds. The van der Waals surface area contributed by atoms with Gasteiger partial charge in [-0.05, 0) is 75.6 Å². The molecule has 0 radical (unpaired) electrons. The first-order chi connectivity index (χ1) is 15.4. The van der Waals surface area contributed by atoms with Gasteiger partial charge in [-0.25, -0.2) is 0 Å². The number of hydrogen-bond acceptors (Lipinski definition) is 4. The highest BCUT2D eigenvalue weighted by atomic mass is 79.9. The van der Waals surface area contributed by atoms with E-state index in [1.165, 1.54) is 13.2 Å². The topological polar surface area (TPSA) is 71.3 Å². The minimum atomic E-state index is -0.541. The molecule has 0 fully saturated rings. The molecule has 3 rings (SSSR count). The van der Waals surface area contributed by atoms with Crippen LogP contribution in [0.5, 0.6) is 11.5 Å². The van der Waals surface area contributed by atoms with Gasteiger partial charge in [0.1, 0.15) is 18.2 Å². The fourth-order valence-corrected chi connectivity index (χ4v) is 3.81. The number of nitriles is 1. The van der Waals surface area contributed by atoms with Crippen molar-refractivity contribution in [3.05, 3.63) is 91.3 Å². The highest BCUT2D eigenvalue weighted by Crippen LogP contribution is 2.38. The summed E-state index contributed by atoms with van der Waals surface area (Å²) in [7, 11) is 1.53. The normalized spacial score (nSPS) is 10.9. The molecule has 0 heterocycles. The van der Waals surface area contributed by atoms with Crippen molar-refractivity contribution < 1.29 is 14.3 Å². The Kier molecular flexibility index (Phi) is 8.34. The van der Waals surface area contributed by atoms with Crippen molar-refractivity contribution in [1.82, 2.24) is 0 Å². The molecule has 0 unspecified atom stereocenters. The number of methoxy groups -OCH3 is 1. The van der Waals surface area contributed by atoms with Crippen LogP contribution in [0.1, 0.15) is 11.1 Å². The van der Waals surface area contributed by atoms with Crippen LogP contribution in [0.15, 0.2) is 75.2 Å². The standard InChI is InChI=1S/C24H17Br2ClN2O3/c1-31-22-11-16(9-17(13-28)24(30)29-20-4-2-3-19(27)12-20)10-21(26)23(22)32-14-15-5-7-18(25)8-6-15/h2-12H,14H2,1H3,(H,29,30)/b17-9+. The highest BCUT2D eigenvalue weighted by molar-refractivity contribution is 9.10. The van der Waals surface area contributed by atoms with Crippen LogP contribution in [0.3, 0.4) is 0 Å². The lowest BCUT2D eigenvalue weighted by molar-refractivity contribution is -0.112. The van der Waals surface area contributed by atoms with Gasteiger partial charge in [0.05, 0.1) is 11.6 Å². The number of hydrogen-bond donors (Lipinski definition) is 1. The number of rotatable bonds is 7. The Balaban J connectivity index is 1.81. The van der Waals surface area contributed by atoms with E-state index in [0.717, 1.165) is 10.0 Å². The monoisotopic (exact) mass is 574 g/mol. The maximum Gasteiger partial charge on any atom is 0.266 e. The minimum Gasteiger partial charge on any atom is -0.493 e. The van der Waals surface area contributed by atoms with Gasteiger partial charge in [-0.1, -0.05) is 45.7 Å². The number of anilines is 1. The molecule has 8 heteroatoms. The van der Waals surface area contributed by atoms with E-state index in [1.54, 1.807) is 36.4 Å². The third kappa shape index (κ3) is 6.36. The Morgan fingerprint density at radius 1 is 1.16 bits per heavy atom. The Bertz CT molecular complexity index is 1200. The molecule has 162 valence electrons. The van der Waals surface area contributed by atoms with E-state index in [1.807, 2.05) is 30.3 Å². The van der Waals surface area contributed by atoms with E-state index in [-0.39, 0.29) is 5.57 Å². The molecule has 5 nitrogen and oxygen atoms in total. The molecular weight excluding hydrogens is 560 g/mol. The van der Waals surface area contributed by atoms with Gasteiger partial charge in [0.25, 0.3) is 5.91 Å². The molecule has 0 aliphatic rings. The van der Waals surface area contributed by atoms with E-state index >= 15 is 0 Å². The van der Waals surface area contributed by atoms with Crippen molar-refractivity contribution in [1.29, 1.82) is 5.26 Å². The van der Waals surface area contributed by atoms with Gasteiger partial charge >= 0.3 is 0 Å². The molecule has 0 aliphatic carbocycles. The van der Waals surface area contributed by atoms with Crippen LogP contribution in [-0.2, 0) is 11.4 Å². The first-order valence-electron chi connectivity index (χ1n) is 9.33. The first kappa shape index (κ1) is 23.9. The van der Waals surface area contributed by atoms with Crippen LogP contribution in [0.25, 0.3) is 6.08 Å². The number of ether oxygens (including phenoxy) is 2. The molecule has 0 spiro atoms. The quantitative estimate of drug-likeness (QED) is 0.243. The molecule has 3 aromatic carbocycles. The predicted octanol–water partition coefficient (Wildman–Crippen LogP) is 7.00. The first-order valence-corrected chi connectivity index (χ1v) is 11.3. The lowest BCUT2D eigenvalue weighted by Gasteiger charge is -2.14. The summed E-state index contributed by atoms with van der Waals surface area (Å²) >= 11 is 12.8. The zero-order chi connectivity index (χ0) is 23.1. The van der Waals surface area contributed by atoms with Gasteiger partial charge in [0.2, 0.25) is 0 Å². The minimum absolute atomic E-state index is 0.0672. The van der Waals surface area contributed by atoms with E-state index in [2.05, 4.69) is 37.2 Å². The third-order valence-electron chi connectivity index (χ3n) is 4.31. The number of carbonyl (C=O) groups is 1.